The first kappa shape index (κ1) is 25.6. The minimum Gasteiger partial charge on any atom is -0.459 e. The summed E-state index contributed by atoms with van der Waals surface area (Å²) in [6.45, 7) is 6.73. The smallest absolute Gasteiger partial charge is 0.323 e. The summed E-state index contributed by atoms with van der Waals surface area (Å²) in [5, 5.41) is -0.773. The molecule has 37 heavy (non-hydrogen) atoms. The fraction of sp³-hybridized carbons (Fsp3) is 0.367. The van der Waals surface area contributed by atoms with Crippen LogP contribution in [0, 0.1) is 0 Å². The summed E-state index contributed by atoms with van der Waals surface area (Å²) < 4.78 is 34.0. The first-order valence-electron chi connectivity index (χ1n) is 12.8. The highest BCUT2D eigenvalue weighted by Gasteiger charge is 2.59. The molecule has 0 aliphatic carbocycles. The van der Waals surface area contributed by atoms with Gasteiger partial charge in [0.15, 0.2) is 9.84 Å². The summed E-state index contributed by atoms with van der Waals surface area (Å²) in [5.41, 5.74) is 1.50. The number of carbonyl (C=O) groups excluding carboxylic acids is 1. The van der Waals surface area contributed by atoms with Gasteiger partial charge >= 0.3 is 5.97 Å². The molecule has 7 heteroatoms. The quantitative estimate of drug-likeness (QED) is 0.436. The molecule has 0 radical (unpaired) electrons. The van der Waals surface area contributed by atoms with Crippen molar-refractivity contribution in [2.75, 3.05) is 6.54 Å². The number of benzene rings is 3. The minimum atomic E-state index is -3.72. The van der Waals surface area contributed by atoms with E-state index in [0.717, 1.165) is 11.1 Å². The molecule has 0 spiro atoms. The van der Waals surface area contributed by atoms with Crippen LogP contribution >= 0.6 is 0 Å². The Kier molecular flexibility index (Phi) is 6.96. The van der Waals surface area contributed by atoms with Crippen LogP contribution in [-0.4, -0.2) is 53.8 Å². The number of carbonyl (C=O) groups is 1. The Morgan fingerprint density at radius 1 is 0.892 bits per heavy atom. The molecule has 2 aliphatic heterocycles. The van der Waals surface area contributed by atoms with Crippen LogP contribution in [0.1, 0.15) is 44.4 Å². The molecule has 194 valence electrons. The summed E-state index contributed by atoms with van der Waals surface area (Å²) >= 11 is 0. The molecule has 5 rings (SSSR count). The van der Waals surface area contributed by atoms with E-state index in [0.29, 0.717) is 13.1 Å². The number of nitrogens with zero attached hydrogens (tertiary/aromatic N) is 2. The van der Waals surface area contributed by atoms with Crippen molar-refractivity contribution in [3.05, 3.63) is 102 Å². The van der Waals surface area contributed by atoms with Crippen LogP contribution in [0.4, 0.5) is 0 Å². The molecule has 3 aromatic rings. The van der Waals surface area contributed by atoms with Crippen molar-refractivity contribution in [1.82, 2.24) is 9.80 Å². The highest BCUT2D eigenvalue weighted by Crippen LogP contribution is 2.46. The summed E-state index contributed by atoms with van der Waals surface area (Å²) in [6.07, 6.45) is -0.279. The molecular formula is C30H34N2O4S. The van der Waals surface area contributed by atoms with E-state index in [4.69, 9.17) is 4.74 Å². The second-order valence-electron chi connectivity index (χ2n) is 10.9. The normalized spacial score (nSPS) is 24.6. The summed E-state index contributed by atoms with van der Waals surface area (Å²) in [4.78, 5) is 18.2. The highest BCUT2D eigenvalue weighted by atomic mass is 32.2. The van der Waals surface area contributed by atoms with E-state index in [1.54, 1.807) is 24.3 Å². The second kappa shape index (κ2) is 10.0. The van der Waals surface area contributed by atoms with Gasteiger partial charge in [-0.3, -0.25) is 14.6 Å². The molecule has 3 aromatic carbocycles. The van der Waals surface area contributed by atoms with Gasteiger partial charge in [-0.1, -0.05) is 78.9 Å². The average Bonchev–Trinajstić information content (AvgIpc) is 3.44. The summed E-state index contributed by atoms with van der Waals surface area (Å²) in [6, 6.07) is 27.9. The lowest BCUT2D eigenvalue weighted by Gasteiger charge is -2.32. The second-order valence-corrected chi connectivity index (χ2v) is 13.1. The van der Waals surface area contributed by atoms with Gasteiger partial charge < -0.3 is 4.74 Å². The van der Waals surface area contributed by atoms with Gasteiger partial charge in [-0.25, -0.2) is 8.42 Å². The third kappa shape index (κ3) is 5.21. The van der Waals surface area contributed by atoms with Crippen LogP contribution in [0.3, 0.4) is 0 Å². The van der Waals surface area contributed by atoms with E-state index in [9.17, 15) is 13.2 Å². The Balaban J connectivity index is 1.61. The molecule has 2 saturated heterocycles. The third-order valence-electron chi connectivity index (χ3n) is 7.16. The predicted molar refractivity (Wildman–Crippen MR) is 143 cm³/mol. The number of ether oxygens (including phenoxy) is 1. The Morgan fingerprint density at radius 2 is 1.46 bits per heavy atom. The molecule has 0 N–H and O–H groups in total. The van der Waals surface area contributed by atoms with Crippen LogP contribution in [0.15, 0.2) is 95.9 Å². The fourth-order valence-electron chi connectivity index (χ4n) is 5.68. The molecular weight excluding hydrogens is 484 g/mol. The number of rotatable bonds is 6. The summed E-state index contributed by atoms with van der Waals surface area (Å²) in [7, 11) is -3.72. The first-order valence-corrected chi connectivity index (χ1v) is 14.3. The van der Waals surface area contributed by atoms with Gasteiger partial charge in [-0.05, 0) is 50.5 Å². The van der Waals surface area contributed by atoms with Gasteiger partial charge in [0, 0.05) is 19.1 Å². The van der Waals surface area contributed by atoms with Crippen molar-refractivity contribution in [2.24, 2.45) is 0 Å². The van der Waals surface area contributed by atoms with Crippen molar-refractivity contribution in [3.8, 4) is 0 Å². The Hall–Kier alpha value is -3.00. The van der Waals surface area contributed by atoms with Crippen molar-refractivity contribution in [2.45, 2.75) is 67.7 Å². The van der Waals surface area contributed by atoms with E-state index in [-0.39, 0.29) is 23.3 Å². The number of esters is 1. The van der Waals surface area contributed by atoms with Gasteiger partial charge in [0.05, 0.1) is 16.3 Å². The topological polar surface area (TPSA) is 66.9 Å². The SMILES string of the molecule is CC(C)(C)OC(=O)[C@H]1C[C@H](S(=O)(=O)c2ccccc2)[C@@H]2N(Cc3ccccc3)C[C@@H](c3ccccc3)N12. The molecule has 0 amide bonds. The Bertz CT molecular complexity index is 1320. The number of sulfone groups is 1. The molecule has 2 aliphatic rings. The van der Waals surface area contributed by atoms with Crippen LogP contribution in [-0.2, 0) is 25.9 Å². The Labute approximate surface area is 219 Å². The van der Waals surface area contributed by atoms with E-state index < -0.39 is 32.9 Å². The molecule has 4 atom stereocenters. The molecule has 0 aromatic heterocycles. The maximum Gasteiger partial charge on any atom is 0.323 e. The standard InChI is InChI=1S/C30H34N2O4S/c1-30(2,3)36-29(33)25-19-27(37(34,35)24-17-11-6-12-18-24)28-31(20-22-13-7-4-8-14-22)21-26(32(25)28)23-15-9-5-10-16-23/h4-18,25-28H,19-21H2,1-3H3/t25-,26+,27+,28-/m1/s1. The third-order valence-corrected chi connectivity index (χ3v) is 9.32. The monoisotopic (exact) mass is 518 g/mol. The lowest BCUT2D eigenvalue weighted by molar-refractivity contribution is -0.161. The van der Waals surface area contributed by atoms with E-state index in [1.165, 1.54) is 0 Å². The lowest BCUT2D eigenvalue weighted by Crippen LogP contribution is -2.46. The molecule has 2 heterocycles. The minimum absolute atomic E-state index is 0.136. The van der Waals surface area contributed by atoms with Crippen LogP contribution in [0.2, 0.25) is 0 Å². The van der Waals surface area contributed by atoms with Crippen molar-refractivity contribution in [1.29, 1.82) is 0 Å². The molecule has 0 saturated carbocycles. The molecule has 6 nitrogen and oxygen atoms in total. The first-order chi connectivity index (χ1) is 17.6. The number of hydrogen-bond donors (Lipinski definition) is 0. The fourth-order valence-corrected chi connectivity index (χ4v) is 7.63. The number of hydrogen-bond acceptors (Lipinski definition) is 6. The van der Waals surface area contributed by atoms with Gasteiger partial charge in [-0.2, -0.15) is 0 Å². The average molecular weight is 519 g/mol. The largest absolute Gasteiger partial charge is 0.459 e. The predicted octanol–water partition coefficient (Wildman–Crippen LogP) is 4.83. The maximum absolute atomic E-state index is 14.1. The summed E-state index contributed by atoms with van der Waals surface area (Å²) in [5.74, 6) is -0.370. The van der Waals surface area contributed by atoms with Crippen LogP contribution in [0.25, 0.3) is 0 Å². The van der Waals surface area contributed by atoms with Crippen molar-refractivity contribution in [3.63, 3.8) is 0 Å². The zero-order valence-corrected chi connectivity index (χ0v) is 22.3. The van der Waals surface area contributed by atoms with Gasteiger partial charge in [-0.15, -0.1) is 0 Å². The Morgan fingerprint density at radius 3 is 2.05 bits per heavy atom. The van der Waals surface area contributed by atoms with Crippen LogP contribution in [0.5, 0.6) is 0 Å². The molecule has 0 unspecified atom stereocenters. The highest BCUT2D eigenvalue weighted by molar-refractivity contribution is 7.92. The molecule has 2 fully saturated rings. The van der Waals surface area contributed by atoms with Crippen LogP contribution < -0.4 is 0 Å². The molecule has 0 bridgehead atoms. The van der Waals surface area contributed by atoms with E-state index >= 15 is 0 Å². The van der Waals surface area contributed by atoms with Crippen molar-refractivity contribution < 1.29 is 17.9 Å². The van der Waals surface area contributed by atoms with Gasteiger partial charge in [0.1, 0.15) is 11.6 Å². The van der Waals surface area contributed by atoms with Gasteiger partial charge in [0.25, 0.3) is 0 Å². The zero-order valence-electron chi connectivity index (χ0n) is 21.5. The lowest BCUT2D eigenvalue weighted by atomic mass is 10.0. The van der Waals surface area contributed by atoms with E-state index in [1.807, 2.05) is 63.2 Å². The number of fused-ring (bicyclic) bond motifs is 1. The zero-order chi connectivity index (χ0) is 26.2. The van der Waals surface area contributed by atoms with E-state index in [2.05, 4.69) is 34.1 Å². The van der Waals surface area contributed by atoms with Crippen molar-refractivity contribution >= 4 is 15.8 Å². The maximum atomic E-state index is 14.1. The van der Waals surface area contributed by atoms with Gasteiger partial charge in [0.2, 0.25) is 0 Å².